The Labute approximate surface area is 236 Å². The largest absolute Gasteiger partial charge is 0.451 e. The average molecular weight is 568 g/mol. The minimum Gasteiger partial charge on any atom is -0.451 e. The lowest BCUT2D eigenvalue weighted by molar-refractivity contribution is 0.593. The molecule has 1 unspecified atom stereocenters. The molecule has 0 amide bonds. The first-order chi connectivity index (χ1) is 19.1. The van der Waals surface area contributed by atoms with Gasteiger partial charge >= 0.3 is 0 Å². The lowest BCUT2D eigenvalue weighted by atomic mass is 9.84. The molecule has 1 atom stereocenters. The molecule has 0 saturated heterocycles. The first-order valence-electron chi connectivity index (χ1n) is 12.8. The number of rotatable bonds is 6. The molecule has 8 heteroatoms. The van der Waals surface area contributed by atoms with Gasteiger partial charge in [0.05, 0.1) is 16.5 Å². The van der Waals surface area contributed by atoms with Gasteiger partial charge in [0.15, 0.2) is 0 Å². The summed E-state index contributed by atoms with van der Waals surface area (Å²) in [6.07, 6.45) is 0. The van der Waals surface area contributed by atoms with Crippen molar-refractivity contribution in [1.29, 1.82) is 5.26 Å². The normalized spacial score (nSPS) is 16.6. The summed E-state index contributed by atoms with van der Waals surface area (Å²) in [5.74, 6) is 2.35. The maximum Gasteiger partial charge on any atom is 0.284 e. The molecule has 5 rings (SSSR count). The maximum atomic E-state index is 14.0. The molecule has 0 N–H and O–H groups in total. The Kier molecular flexibility index (Phi) is 7.18. The molecular formula is C32H30N3O3PS. The number of fused-ring (bicyclic) bond motifs is 1. The topological polar surface area (TPSA) is 82.8 Å². The fourth-order valence-corrected chi connectivity index (χ4v) is 9.96. The van der Waals surface area contributed by atoms with E-state index in [1.165, 1.54) is 0 Å². The van der Waals surface area contributed by atoms with Gasteiger partial charge in [-0.05, 0) is 67.1 Å². The van der Waals surface area contributed by atoms with E-state index in [2.05, 4.69) is 41.1 Å². The summed E-state index contributed by atoms with van der Waals surface area (Å²) in [5.41, 5.74) is 4.06. The Morgan fingerprint density at radius 1 is 0.900 bits per heavy atom. The van der Waals surface area contributed by atoms with E-state index in [0.29, 0.717) is 16.6 Å². The number of para-hydroxylation sites is 1. The zero-order chi connectivity index (χ0) is 28.5. The van der Waals surface area contributed by atoms with Crippen molar-refractivity contribution in [3.05, 3.63) is 131 Å². The zero-order valence-electron chi connectivity index (χ0n) is 22.8. The van der Waals surface area contributed by atoms with Gasteiger partial charge < -0.3 is 9.42 Å². The van der Waals surface area contributed by atoms with Crippen LogP contribution in [0.1, 0.15) is 30.5 Å². The number of sulfonamides is 1. The van der Waals surface area contributed by atoms with E-state index >= 15 is 0 Å². The van der Waals surface area contributed by atoms with Crippen LogP contribution >= 0.6 is 7.28 Å². The van der Waals surface area contributed by atoms with Gasteiger partial charge in [-0.1, -0.05) is 67.9 Å². The molecule has 0 radical (unpaired) electrons. The zero-order valence-corrected chi connectivity index (χ0v) is 24.5. The predicted octanol–water partition coefficient (Wildman–Crippen LogP) is 7.35. The molecule has 0 saturated carbocycles. The fourth-order valence-electron chi connectivity index (χ4n) is 4.95. The second kappa shape index (κ2) is 10.5. The number of likely N-dealkylation sites (N-methyl/N-ethyl adjacent to an activating group) is 1. The number of nitrogens with zero attached hydrogens (tertiary/aromatic N) is 3. The van der Waals surface area contributed by atoms with Crippen molar-refractivity contribution in [1.82, 2.24) is 0 Å². The molecule has 40 heavy (non-hydrogen) atoms. The van der Waals surface area contributed by atoms with Gasteiger partial charge in [0.1, 0.15) is 5.75 Å². The number of hydrogen-bond donors (Lipinski definition) is 0. The third-order valence-corrected chi connectivity index (χ3v) is 12.0. The lowest BCUT2D eigenvalue weighted by Crippen LogP contribution is -2.24. The van der Waals surface area contributed by atoms with Crippen molar-refractivity contribution in [3.8, 4) is 11.8 Å². The second-order valence-corrected chi connectivity index (χ2v) is 14.5. The van der Waals surface area contributed by atoms with Crippen LogP contribution in [-0.2, 0) is 15.4 Å². The molecule has 6 nitrogen and oxygen atoms in total. The van der Waals surface area contributed by atoms with E-state index in [-0.39, 0.29) is 4.90 Å². The van der Waals surface area contributed by atoms with Crippen molar-refractivity contribution in [2.24, 2.45) is 4.15 Å². The third kappa shape index (κ3) is 5.09. The smallest absolute Gasteiger partial charge is 0.284 e. The molecule has 202 valence electrons. The molecular weight excluding hydrogens is 537 g/mol. The average Bonchev–Trinajstić information content (AvgIpc) is 3.14. The summed E-state index contributed by atoms with van der Waals surface area (Å²) in [5, 5.41) is 9.96. The summed E-state index contributed by atoms with van der Waals surface area (Å²) in [6.45, 7) is 6.15. The molecule has 0 aromatic heterocycles. The number of hydrogen-bond acceptors (Lipinski definition) is 5. The summed E-state index contributed by atoms with van der Waals surface area (Å²) >= 11 is 0. The first kappa shape index (κ1) is 27.5. The molecule has 4 aromatic rings. The Balaban J connectivity index is 1.83. The van der Waals surface area contributed by atoms with Crippen LogP contribution in [0.2, 0.25) is 0 Å². The number of nitriles is 1. The minimum atomic E-state index is -4.15. The van der Waals surface area contributed by atoms with Crippen molar-refractivity contribution < 1.29 is 12.9 Å². The van der Waals surface area contributed by atoms with Crippen LogP contribution in [-0.4, -0.2) is 15.5 Å². The van der Waals surface area contributed by atoms with Crippen LogP contribution in [0.4, 0.5) is 5.69 Å². The van der Waals surface area contributed by atoms with Gasteiger partial charge in [-0.2, -0.15) is 13.7 Å². The van der Waals surface area contributed by atoms with Gasteiger partial charge in [0, 0.05) is 35.0 Å². The highest BCUT2D eigenvalue weighted by molar-refractivity contribution is 7.95. The SMILES string of the molecule is Cc1ccc(S(=O)(=O)N=P(/C=C2\N(C)c3ccccc3C2(C)C)(Oc2ccc(C#N)cc2)c2ccccc2)cc1. The third-order valence-electron chi connectivity index (χ3n) is 7.14. The van der Waals surface area contributed by atoms with Gasteiger partial charge in [0.2, 0.25) is 7.28 Å². The highest BCUT2D eigenvalue weighted by Gasteiger charge is 2.41. The number of benzene rings is 4. The maximum absolute atomic E-state index is 14.0. The van der Waals surface area contributed by atoms with E-state index in [9.17, 15) is 13.7 Å². The monoisotopic (exact) mass is 567 g/mol. The van der Waals surface area contributed by atoms with Crippen LogP contribution in [0.5, 0.6) is 5.75 Å². The van der Waals surface area contributed by atoms with E-state index in [0.717, 1.165) is 22.5 Å². The summed E-state index contributed by atoms with van der Waals surface area (Å²) in [7, 11) is -5.60. The Morgan fingerprint density at radius 2 is 1.52 bits per heavy atom. The molecule has 1 aliphatic rings. The highest BCUT2D eigenvalue weighted by atomic mass is 32.2. The van der Waals surface area contributed by atoms with Crippen molar-refractivity contribution >= 4 is 28.3 Å². The minimum absolute atomic E-state index is 0.0996. The Bertz CT molecular complexity index is 1790. The quantitative estimate of drug-likeness (QED) is 0.228. The van der Waals surface area contributed by atoms with Crippen molar-refractivity contribution in [3.63, 3.8) is 0 Å². The molecule has 1 heterocycles. The van der Waals surface area contributed by atoms with E-state index in [4.69, 9.17) is 4.52 Å². The van der Waals surface area contributed by atoms with Gasteiger partial charge in [-0.15, -0.1) is 4.15 Å². The van der Waals surface area contributed by atoms with Gasteiger partial charge in [-0.25, -0.2) is 0 Å². The molecule has 0 bridgehead atoms. The first-order valence-corrected chi connectivity index (χ1v) is 16.0. The summed E-state index contributed by atoms with van der Waals surface area (Å²) < 4.78 is 39.3. The van der Waals surface area contributed by atoms with Crippen LogP contribution in [0.25, 0.3) is 0 Å². The number of aryl methyl sites for hydroxylation is 1. The Hall–Kier alpha value is -4.11. The van der Waals surface area contributed by atoms with Crippen LogP contribution in [0, 0.1) is 18.3 Å². The van der Waals surface area contributed by atoms with Crippen molar-refractivity contribution in [2.75, 3.05) is 11.9 Å². The van der Waals surface area contributed by atoms with Crippen LogP contribution in [0.15, 0.2) is 124 Å². The fraction of sp³-hybridized carbons (Fsp3) is 0.156. The molecule has 0 spiro atoms. The van der Waals surface area contributed by atoms with Gasteiger partial charge in [0.25, 0.3) is 10.0 Å². The molecule has 4 aromatic carbocycles. The summed E-state index contributed by atoms with van der Waals surface area (Å²) in [6, 6.07) is 32.9. The number of anilines is 1. The lowest BCUT2D eigenvalue weighted by Gasteiger charge is -2.29. The molecule has 0 fully saturated rings. The van der Waals surface area contributed by atoms with Crippen LogP contribution < -0.4 is 14.7 Å². The Morgan fingerprint density at radius 3 is 2.15 bits per heavy atom. The summed E-state index contributed by atoms with van der Waals surface area (Å²) in [4.78, 5) is 2.19. The number of allylic oxidation sites excluding steroid dienone is 1. The predicted molar refractivity (Wildman–Crippen MR) is 162 cm³/mol. The molecule has 0 aliphatic carbocycles. The second-order valence-electron chi connectivity index (χ2n) is 10.3. The van der Waals surface area contributed by atoms with E-state index in [1.54, 1.807) is 48.5 Å². The highest BCUT2D eigenvalue weighted by Crippen LogP contribution is 2.58. The van der Waals surface area contributed by atoms with E-state index in [1.807, 2.05) is 62.3 Å². The van der Waals surface area contributed by atoms with E-state index < -0.39 is 22.7 Å². The van der Waals surface area contributed by atoms with Crippen molar-refractivity contribution in [2.45, 2.75) is 31.1 Å². The van der Waals surface area contributed by atoms with Crippen LogP contribution in [0.3, 0.4) is 0 Å². The standard InChI is InChI=1S/C32H30N3O3PS/c1-24-14-20-28(21-15-24)40(36,37)34-39(27-10-6-5-7-11-27,38-26-18-16-25(22-33)17-19-26)23-31-32(2,3)29-12-8-9-13-30(29)35(31)4/h5-21,23H,1-4H3/b31-23-. The van der Waals surface area contributed by atoms with Gasteiger partial charge in [-0.3, -0.25) is 0 Å². The molecule has 1 aliphatic heterocycles.